The second kappa shape index (κ2) is 3.32. The van der Waals surface area contributed by atoms with Crippen LogP contribution in [-0.4, -0.2) is 4.21 Å². The van der Waals surface area contributed by atoms with Crippen LogP contribution in [-0.2, 0) is 22.8 Å². The van der Waals surface area contributed by atoms with Gasteiger partial charge < -0.3 is 0 Å². The Hall–Kier alpha value is -0.390. The highest BCUT2D eigenvalue weighted by atomic mass is 32.2. The predicted molar refractivity (Wildman–Crippen MR) is 58.8 cm³/mol. The van der Waals surface area contributed by atoms with Crippen LogP contribution in [0.5, 0.6) is 0 Å². The molecule has 1 aromatic rings. The molecule has 5 heteroatoms. The first-order chi connectivity index (χ1) is 6.47. The average Bonchev–Trinajstić information content (AvgIpc) is 2.45. The van der Waals surface area contributed by atoms with Gasteiger partial charge in [0.2, 0.25) is 0 Å². The van der Waals surface area contributed by atoms with E-state index < -0.39 is 9.92 Å². The Labute approximate surface area is 88.4 Å². The molecule has 3 nitrogen and oxygen atoms in total. The van der Waals surface area contributed by atoms with E-state index in [1.165, 1.54) is 28.2 Å². The molecule has 2 atom stereocenters. The van der Waals surface area contributed by atoms with E-state index in [9.17, 15) is 4.21 Å². The molecule has 3 N–H and O–H groups in total. The van der Waals surface area contributed by atoms with E-state index in [0.717, 1.165) is 12.8 Å². The zero-order valence-corrected chi connectivity index (χ0v) is 9.71. The number of thiophene rings is 1. The maximum absolute atomic E-state index is 11.3. The molecule has 78 valence electrons. The summed E-state index contributed by atoms with van der Waals surface area (Å²) < 4.78 is 19.2. The Morgan fingerprint density at radius 1 is 1.71 bits per heavy atom. The third-order valence-corrected chi connectivity index (χ3v) is 5.32. The number of nitrogens with two attached hydrogens (primary N) is 1. The molecular formula is C9H14N2OS2. The van der Waals surface area contributed by atoms with Crippen LogP contribution in [0.25, 0.3) is 0 Å². The molecule has 1 aromatic heterocycles. The van der Waals surface area contributed by atoms with Crippen LogP contribution in [0.4, 0.5) is 0 Å². The van der Waals surface area contributed by atoms with Crippen molar-refractivity contribution in [2.24, 2.45) is 11.1 Å². The molecule has 0 saturated carbocycles. The maximum Gasteiger partial charge on any atom is 0.141 e. The number of hydrogen-bond acceptors (Lipinski definition) is 3. The third kappa shape index (κ3) is 1.85. The van der Waals surface area contributed by atoms with Gasteiger partial charge in [-0.25, -0.2) is 14.1 Å². The largest absolute Gasteiger partial charge is 0.241 e. The van der Waals surface area contributed by atoms with Crippen LogP contribution in [0.1, 0.15) is 23.8 Å². The molecule has 2 rings (SSSR count). The Morgan fingerprint density at radius 2 is 2.43 bits per heavy atom. The number of nitrogens with one attached hydrogen (secondary N) is 1. The minimum absolute atomic E-state index is 0.539. The molecule has 0 bridgehead atoms. The van der Waals surface area contributed by atoms with Crippen molar-refractivity contribution in [3.05, 3.63) is 16.5 Å². The molecule has 1 aliphatic rings. The van der Waals surface area contributed by atoms with Gasteiger partial charge in [0.25, 0.3) is 0 Å². The molecule has 1 aliphatic carbocycles. The zero-order chi connectivity index (χ0) is 10.3. The van der Waals surface area contributed by atoms with E-state index in [0.29, 0.717) is 10.1 Å². The topological polar surface area (TPSA) is 66.9 Å². The van der Waals surface area contributed by atoms with Crippen molar-refractivity contribution in [3.63, 3.8) is 0 Å². The minimum Gasteiger partial charge on any atom is -0.241 e. The van der Waals surface area contributed by atoms with Crippen molar-refractivity contribution >= 4 is 21.3 Å². The molecule has 0 aromatic carbocycles. The van der Waals surface area contributed by atoms with Gasteiger partial charge in [0.15, 0.2) is 0 Å². The van der Waals surface area contributed by atoms with Gasteiger partial charge in [-0.05, 0) is 36.8 Å². The Bertz CT molecular complexity index is 447. The Balaban J connectivity index is 2.42. The highest BCUT2D eigenvalue weighted by molar-refractivity contribution is 7.92. The van der Waals surface area contributed by atoms with Gasteiger partial charge in [-0.15, -0.1) is 11.3 Å². The highest BCUT2D eigenvalue weighted by Gasteiger charge is 2.20. The van der Waals surface area contributed by atoms with Crippen LogP contribution < -0.4 is 5.14 Å². The molecule has 0 saturated heterocycles. The average molecular weight is 230 g/mol. The van der Waals surface area contributed by atoms with Gasteiger partial charge in [0.1, 0.15) is 14.1 Å². The van der Waals surface area contributed by atoms with Crippen LogP contribution in [0.3, 0.4) is 0 Å². The van der Waals surface area contributed by atoms with Crippen molar-refractivity contribution in [1.29, 1.82) is 4.78 Å². The number of fused-ring (bicyclic) bond motifs is 1. The van der Waals surface area contributed by atoms with Crippen molar-refractivity contribution < 1.29 is 4.21 Å². The van der Waals surface area contributed by atoms with Crippen molar-refractivity contribution in [3.8, 4) is 0 Å². The van der Waals surface area contributed by atoms with Crippen LogP contribution in [0.2, 0.25) is 0 Å². The first kappa shape index (κ1) is 10.1. The van der Waals surface area contributed by atoms with Crippen molar-refractivity contribution in [2.45, 2.75) is 30.4 Å². The summed E-state index contributed by atoms with van der Waals surface area (Å²) in [4.78, 5) is 1.28. The molecule has 0 spiro atoms. The van der Waals surface area contributed by atoms with E-state index in [1.54, 1.807) is 0 Å². The molecule has 0 fully saturated rings. The Kier molecular flexibility index (Phi) is 2.41. The molecule has 1 heterocycles. The maximum atomic E-state index is 11.3. The van der Waals surface area contributed by atoms with E-state index in [-0.39, 0.29) is 0 Å². The normalized spacial score (nSPS) is 25.4. The lowest BCUT2D eigenvalue weighted by atomic mass is 9.91. The quantitative estimate of drug-likeness (QED) is 0.762. The zero-order valence-electron chi connectivity index (χ0n) is 8.08. The minimum atomic E-state index is -3.00. The summed E-state index contributed by atoms with van der Waals surface area (Å²) in [6, 6.07) is 1.86. The van der Waals surface area contributed by atoms with Gasteiger partial charge in [0, 0.05) is 4.88 Å². The van der Waals surface area contributed by atoms with Crippen molar-refractivity contribution in [1.82, 2.24) is 0 Å². The van der Waals surface area contributed by atoms with Crippen LogP contribution >= 0.6 is 11.3 Å². The summed E-state index contributed by atoms with van der Waals surface area (Å²) in [5, 5.41) is 5.31. The third-order valence-electron chi connectivity index (χ3n) is 2.61. The molecule has 0 amide bonds. The van der Waals surface area contributed by atoms with E-state index >= 15 is 0 Å². The smallest absolute Gasteiger partial charge is 0.141 e. The molecule has 14 heavy (non-hydrogen) atoms. The first-order valence-corrected chi connectivity index (χ1v) is 7.08. The molecule has 0 aliphatic heterocycles. The van der Waals surface area contributed by atoms with Gasteiger partial charge in [0.05, 0.1) is 0 Å². The van der Waals surface area contributed by atoms with E-state index in [2.05, 4.69) is 6.92 Å². The van der Waals surface area contributed by atoms with Crippen molar-refractivity contribution in [2.75, 3.05) is 0 Å². The SMILES string of the molecule is CC1CCc2cc(S(=N)(N)=O)sc2C1. The second-order valence-electron chi connectivity index (χ2n) is 3.96. The van der Waals surface area contributed by atoms with E-state index in [4.69, 9.17) is 9.92 Å². The lowest BCUT2D eigenvalue weighted by Crippen LogP contribution is -2.08. The lowest BCUT2D eigenvalue weighted by Gasteiger charge is -2.16. The highest BCUT2D eigenvalue weighted by Crippen LogP contribution is 2.33. The fourth-order valence-corrected chi connectivity index (χ4v) is 4.01. The number of aryl methyl sites for hydroxylation is 1. The van der Waals surface area contributed by atoms with Gasteiger partial charge >= 0.3 is 0 Å². The summed E-state index contributed by atoms with van der Waals surface area (Å²) >= 11 is 1.46. The summed E-state index contributed by atoms with van der Waals surface area (Å²) in [5.74, 6) is 0.702. The summed E-state index contributed by atoms with van der Waals surface area (Å²) in [6.07, 6.45) is 3.28. The molecule has 0 radical (unpaired) electrons. The summed E-state index contributed by atoms with van der Waals surface area (Å²) in [7, 11) is -3.00. The molecular weight excluding hydrogens is 216 g/mol. The van der Waals surface area contributed by atoms with Gasteiger partial charge in [-0.3, -0.25) is 0 Å². The fraction of sp³-hybridized carbons (Fsp3) is 0.556. The fourth-order valence-electron chi connectivity index (χ4n) is 1.79. The van der Waals surface area contributed by atoms with Gasteiger partial charge in [-0.1, -0.05) is 6.92 Å². The van der Waals surface area contributed by atoms with Crippen LogP contribution in [0, 0.1) is 10.7 Å². The lowest BCUT2D eigenvalue weighted by molar-refractivity contribution is 0.507. The summed E-state index contributed by atoms with van der Waals surface area (Å²) in [5.41, 5.74) is 1.26. The summed E-state index contributed by atoms with van der Waals surface area (Å²) in [6.45, 7) is 2.22. The number of rotatable bonds is 1. The predicted octanol–water partition coefficient (Wildman–Crippen LogP) is 2.15. The first-order valence-electron chi connectivity index (χ1n) is 4.65. The monoisotopic (exact) mass is 230 g/mol. The molecule has 2 unspecified atom stereocenters. The second-order valence-corrected chi connectivity index (χ2v) is 7.00. The van der Waals surface area contributed by atoms with Gasteiger partial charge in [-0.2, -0.15) is 0 Å². The van der Waals surface area contributed by atoms with Crippen LogP contribution in [0.15, 0.2) is 10.3 Å². The van der Waals surface area contributed by atoms with E-state index in [1.807, 2.05) is 6.07 Å². The number of hydrogen-bond donors (Lipinski definition) is 2. The Morgan fingerprint density at radius 3 is 3.07 bits per heavy atom. The standard InChI is InChI=1S/C9H14N2OS2/c1-6-2-3-7-5-9(14(10,11)12)13-8(7)4-6/h5-6H,2-4H2,1H3,(H3,10,11,12).